The van der Waals surface area contributed by atoms with E-state index >= 15 is 0 Å². The van der Waals surface area contributed by atoms with Crippen LogP contribution in [0.25, 0.3) is 0 Å². The molecule has 1 amide bonds. The molecule has 0 radical (unpaired) electrons. The van der Waals surface area contributed by atoms with Gasteiger partial charge in [-0.15, -0.1) is 11.3 Å². The van der Waals surface area contributed by atoms with E-state index in [1.54, 1.807) is 17.5 Å². The van der Waals surface area contributed by atoms with Gasteiger partial charge in [0.05, 0.1) is 11.6 Å². The first-order valence-electron chi connectivity index (χ1n) is 8.14. The lowest BCUT2D eigenvalue weighted by Gasteiger charge is -2.23. The summed E-state index contributed by atoms with van der Waals surface area (Å²) in [6, 6.07) is 6.26. The maximum absolute atomic E-state index is 13.3. The number of carbonyl (C=O) groups excluding carboxylic acids is 1. The monoisotopic (exact) mass is 378 g/mol. The molecule has 0 spiro atoms. The Morgan fingerprint density at radius 2 is 2.27 bits per heavy atom. The quantitative estimate of drug-likeness (QED) is 0.835. The summed E-state index contributed by atoms with van der Waals surface area (Å²) in [5.41, 5.74) is 0.00897. The Bertz CT molecular complexity index is 825. The normalized spacial score (nSPS) is 19.7. The van der Waals surface area contributed by atoms with Gasteiger partial charge in [-0.05, 0) is 24.1 Å². The van der Waals surface area contributed by atoms with Crippen LogP contribution in [0.4, 0.5) is 4.39 Å². The van der Waals surface area contributed by atoms with Crippen LogP contribution in [-0.4, -0.2) is 53.7 Å². The zero-order valence-corrected chi connectivity index (χ0v) is 15.1. The van der Waals surface area contributed by atoms with E-state index in [1.165, 1.54) is 35.5 Å². The Hall–Kier alpha value is -2.32. The second-order valence-corrected chi connectivity index (χ2v) is 7.37. The molecule has 6 nitrogen and oxygen atoms in total. The molecule has 1 saturated heterocycles. The van der Waals surface area contributed by atoms with Gasteiger partial charge in [0.15, 0.2) is 0 Å². The van der Waals surface area contributed by atoms with Crippen LogP contribution in [0.2, 0.25) is 0 Å². The standard InChI is InChI=1S/C18H19FN2O4S/c1-25-11-18(17(23)24)5-6-21(10-18)16(22)14-9-26-15(20-14)8-12-3-2-4-13(19)7-12/h2-4,7,9H,5-6,8,10-11H2,1H3,(H,23,24). The first kappa shape index (κ1) is 18.5. The third-order valence-electron chi connectivity index (χ3n) is 4.53. The van der Waals surface area contributed by atoms with Crippen LogP contribution < -0.4 is 0 Å². The highest BCUT2D eigenvalue weighted by Crippen LogP contribution is 2.32. The van der Waals surface area contributed by atoms with Crippen LogP contribution in [-0.2, 0) is 16.0 Å². The minimum atomic E-state index is -1.06. The highest BCUT2D eigenvalue weighted by atomic mass is 32.1. The second-order valence-electron chi connectivity index (χ2n) is 6.43. The molecule has 1 atom stereocenters. The van der Waals surface area contributed by atoms with Gasteiger partial charge in [0.1, 0.15) is 16.9 Å². The van der Waals surface area contributed by atoms with Crippen LogP contribution in [0.15, 0.2) is 29.6 Å². The van der Waals surface area contributed by atoms with Crippen molar-refractivity contribution in [3.63, 3.8) is 0 Å². The van der Waals surface area contributed by atoms with E-state index < -0.39 is 11.4 Å². The average molecular weight is 378 g/mol. The molecule has 2 heterocycles. The molecule has 138 valence electrons. The topological polar surface area (TPSA) is 79.7 Å². The lowest BCUT2D eigenvalue weighted by molar-refractivity contribution is -0.151. The van der Waals surface area contributed by atoms with E-state index in [-0.39, 0.29) is 24.9 Å². The predicted molar refractivity (Wildman–Crippen MR) is 93.8 cm³/mol. The molecule has 1 unspecified atom stereocenters. The fraction of sp³-hybridized carbons (Fsp3) is 0.389. The van der Waals surface area contributed by atoms with E-state index in [4.69, 9.17) is 4.74 Å². The van der Waals surface area contributed by atoms with Crippen LogP contribution in [0.3, 0.4) is 0 Å². The van der Waals surface area contributed by atoms with Crippen molar-refractivity contribution in [3.05, 3.63) is 51.7 Å². The summed E-state index contributed by atoms with van der Waals surface area (Å²) in [4.78, 5) is 30.1. The second kappa shape index (κ2) is 7.51. The zero-order valence-electron chi connectivity index (χ0n) is 14.3. The number of likely N-dealkylation sites (tertiary alicyclic amines) is 1. The first-order chi connectivity index (χ1) is 12.4. The molecule has 1 aliphatic heterocycles. The maximum Gasteiger partial charge on any atom is 0.313 e. The largest absolute Gasteiger partial charge is 0.481 e. The predicted octanol–water partition coefficient (Wildman–Crippen LogP) is 2.44. The van der Waals surface area contributed by atoms with E-state index in [0.717, 1.165) is 5.56 Å². The molecule has 0 saturated carbocycles. The number of carboxylic acids is 1. The van der Waals surface area contributed by atoms with Crippen molar-refractivity contribution < 1.29 is 23.8 Å². The Labute approximate surface area is 154 Å². The first-order valence-corrected chi connectivity index (χ1v) is 9.02. The van der Waals surface area contributed by atoms with Crippen LogP contribution in [0.5, 0.6) is 0 Å². The highest BCUT2D eigenvalue weighted by molar-refractivity contribution is 7.09. The number of thiazole rings is 1. The average Bonchev–Trinajstić information content (AvgIpc) is 3.23. The summed E-state index contributed by atoms with van der Waals surface area (Å²) in [6.45, 7) is 0.519. The van der Waals surface area contributed by atoms with Crippen molar-refractivity contribution in [2.75, 3.05) is 26.8 Å². The van der Waals surface area contributed by atoms with E-state index in [2.05, 4.69) is 4.98 Å². The Kier molecular flexibility index (Phi) is 5.33. The van der Waals surface area contributed by atoms with Crippen molar-refractivity contribution >= 4 is 23.2 Å². The lowest BCUT2D eigenvalue weighted by Crippen LogP contribution is -2.40. The number of hydrogen-bond acceptors (Lipinski definition) is 5. The molecule has 8 heteroatoms. The van der Waals surface area contributed by atoms with E-state index in [1.807, 2.05) is 0 Å². The summed E-state index contributed by atoms with van der Waals surface area (Å²) in [7, 11) is 1.45. The van der Waals surface area contributed by atoms with Gasteiger partial charge in [0, 0.05) is 32.0 Å². The minimum absolute atomic E-state index is 0.0635. The van der Waals surface area contributed by atoms with Gasteiger partial charge in [-0.3, -0.25) is 9.59 Å². The van der Waals surface area contributed by atoms with Gasteiger partial charge in [-0.25, -0.2) is 9.37 Å². The van der Waals surface area contributed by atoms with Gasteiger partial charge >= 0.3 is 5.97 Å². The van der Waals surface area contributed by atoms with E-state index in [9.17, 15) is 19.1 Å². The summed E-state index contributed by atoms with van der Waals surface area (Å²) in [6.07, 6.45) is 0.792. The van der Waals surface area contributed by atoms with Crippen LogP contribution >= 0.6 is 11.3 Å². The molecule has 1 aromatic carbocycles. The van der Waals surface area contributed by atoms with Crippen molar-refractivity contribution in [2.45, 2.75) is 12.8 Å². The molecular formula is C18H19FN2O4S. The number of ether oxygens (including phenoxy) is 1. The number of halogens is 1. The van der Waals surface area contributed by atoms with Gasteiger partial charge in [0.25, 0.3) is 5.91 Å². The van der Waals surface area contributed by atoms with Gasteiger partial charge in [-0.1, -0.05) is 12.1 Å². The smallest absolute Gasteiger partial charge is 0.313 e. The molecule has 1 fully saturated rings. The number of carbonyl (C=O) groups is 2. The minimum Gasteiger partial charge on any atom is -0.481 e. The summed E-state index contributed by atoms with van der Waals surface area (Å²) >= 11 is 1.33. The third-order valence-corrected chi connectivity index (χ3v) is 5.38. The number of nitrogens with zero attached hydrogens (tertiary/aromatic N) is 2. The SMILES string of the molecule is COCC1(C(=O)O)CCN(C(=O)c2csc(Cc3cccc(F)c3)n2)C1. The van der Waals surface area contributed by atoms with Crippen molar-refractivity contribution in [1.82, 2.24) is 9.88 Å². The van der Waals surface area contributed by atoms with Crippen molar-refractivity contribution in [1.29, 1.82) is 0 Å². The number of aliphatic carboxylic acids is 1. The molecule has 0 bridgehead atoms. The van der Waals surface area contributed by atoms with Gasteiger partial charge < -0.3 is 14.7 Å². The summed E-state index contributed by atoms with van der Waals surface area (Å²) in [5, 5.41) is 11.9. The molecule has 1 N–H and O–H groups in total. The maximum atomic E-state index is 13.3. The van der Waals surface area contributed by atoms with Gasteiger partial charge in [-0.2, -0.15) is 0 Å². The fourth-order valence-corrected chi connectivity index (χ4v) is 3.95. The Morgan fingerprint density at radius 1 is 1.46 bits per heavy atom. The van der Waals surface area contributed by atoms with Crippen molar-refractivity contribution in [2.24, 2.45) is 5.41 Å². The summed E-state index contributed by atoms with van der Waals surface area (Å²) in [5.74, 6) is -1.55. The number of amides is 1. The number of carboxylic acid groups (broad SMARTS) is 1. The molecular weight excluding hydrogens is 359 g/mol. The number of methoxy groups -OCH3 is 1. The lowest BCUT2D eigenvalue weighted by atomic mass is 9.88. The molecule has 26 heavy (non-hydrogen) atoms. The molecule has 1 aliphatic rings. The Balaban J connectivity index is 1.69. The molecule has 2 aromatic rings. The number of hydrogen-bond donors (Lipinski definition) is 1. The zero-order chi connectivity index (χ0) is 18.7. The number of rotatable bonds is 6. The molecule has 1 aromatic heterocycles. The van der Waals surface area contributed by atoms with E-state index in [0.29, 0.717) is 30.1 Å². The third kappa shape index (κ3) is 3.76. The summed E-state index contributed by atoms with van der Waals surface area (Å²) < 4.78 is 18.3. The molecule has 0 aliphatic carbocycles. The fourth-order valence-electron chi connectivity index (χ4n) is 3.15. The molecule has 3 rings (SSSR count). The van der Waals surface area contributed by atoms with Crippen LogP contribution in [0.1, 0.15) is 27.5 Å². The van der Waals surface area contributed by atoms with Crippen molar-refractivity contribution in [3.8, 4) is 0 Å². The highest BCUT2D eigenvalue weighted by Gasteiger charge is 2.46. The van der Waals surface area contributed by atoms with Gasteiger partial charge in [0.2, 0.25) is 0 Å². The Morgan fingerprint density at radius 3 is 2.96 bits per heavy atom. The number of benzene rings is 1. The number of aromatic nitrogens is 1. The van der Waals surface area contributed by atoms with Crippen LogP contribution in [0, 0.1) is 11.2 Å².